The Labute approximate surface area is 134 Å². The molecule has 0 saturated carbocycles. The quantitative estimate of drug-likeness (QED) is 0.924. The Morgan fingerprint density at radius 3 is 2.64 bits per heavy atom. The van der Waals surface area contributed by atoms with E-state index in [1.807, 2.05) is 19.1 Å². The molecule has 0 spiro atoms. The van der Waals surface area contributed by atoms with Gasteiger partial charge in [-0.3, -0.25) is 0 Å². The van der Waals surface area contributed by atoms with Crippen molar-refractivity contribution in [2.75, 3.05) is 18.8 Å². The Bertz CT molecular complexity index is 755. The Morgan fingerprint density at radius 2 is 2.00 bits per heavy atom. The van der Waals surface area contributed by atoms with Gasteiger partial charge in [-0.15, -0.1) is 10.2 Å². The average molecular weight is 338 g/mol. The molecule has 1 aliphatic rings. The number of rotatable bonds is 3. The molecular formula is C14H18N4O2S2. The lowest BCUT2D eigenvalue weighted by Crippen LogP contribution is -2.39. The van der Waals surface area contributed by atoms with E-state index in [0.717, 1.165) is 23.4 Å². The average Bonchev–Trinajstić information content (AvgIpc) is 2.94. The molecule has 0 aliphatic carbocycles. The van der Waals surface area contributed by atoms with Crippen molar-refractivity contribution >= 4 is 26.5 Å². The fraction of sp³-hybridized carbons (Fsp3) is 0.429. The second-order valence-corrected chi connectivity index (χ2v) is 8.47. The lowest BCUT2D eigenvalue weighted by molar-refractivity contribution is 0.314. The predicted octanol–water partition coefficient (Wildman–Crippen LogP) is 2.00. The minimum Gasteiger partial charge on any atom is -0.374 e. The second-order valence-electron chi connectivity index (χ2n) is 5.49. The molecular weight excluding hydrogens is 320 g/mol. The number of nitrogens with two attached hydrogens (primary N) is 1. The molecule has 1 aromatic heterocycles. The van der Waals surface area contributed by atoms with Gasteiger partial charge in [0.1, 0.15) is 5.01 Å². The van der Waals surface area contributed by atoms with Crippen LogP contribution >= 0.6 is 11.3 Å². The summed E-state index contributed by atoms with van der Waals surface area (Å²) < 4.78 is 27.0. The van der Waals surface area contributed by atoms with Crippen LogP contribution in [0.1, 0.15) is 29.3 Å². The molecule has 1 fully saturated rings. The molecule has 2 aromatic rings. The van der Waals surface area contributed by atoms with Gasteiger partial charge in [-0.2, -0.15) is 4.31 Å². The van der Waals surface area contributed by atoms with Crippen LogP contribution in [0.5, 0.6) is 0 Å². The summed E-state index contributed by atoms with van der Waals surface area (Å²) in [5, 5.41) is 9.13. The first-order chi connectivity index (χ1) is 10.5. The van der Waals surface area contributed by atoms with Gasteiger partial charge in [0.05, 0.1) is 4.90 Å². The highest BCUT2D eigenvalue weighted by atomic mass is 32.2. The van der Waals surface area contributed by atoms with E-state index in [4.69, 9.17) is 5.73 Å². The summed E-state index contributed by atoms with van der Waals surface area (Å²) in [7, 11) is -3.45. The van der Waals surface area contributed by atoms with Crippen molar-refractivity contribution in [3.8, 4) is 0 Å². The van der Waals surface area contributed by atoms with Gasteiger partial charge in [-0.25, -0.2) is 8.42 Å². The lowest BCUT2D eigenvalue weighted by Gasteiger charge is -2.30. The van der Waals surface area contributed by atoms with Crippen molar-refractivity contribution in [1.82, 2.24) is 14.5 Å². The first-order valence-electron chi connectivity index (χ1n) is 7.12. The van der Waals surface area contributed by atoms with Gasteiger partial charge in [0.15, 0.2) is 0 Å². The van der Waals surface area contributed by atoms with Crippen molar-refractivity contribution in [1.29, 1.82) is 0 Å². The van der Waals surface area contributed by atoms with E-state index in [0.29, 0.717) is 23.1 Å². The summed E-state index contributed by atoms with van der Waals surface area (Å²) in [5.41, 5.74) is 6.67. The normalized spacial score (nSPS) is 20.1. The van der Waals surface area contributed by atoms with Crippen LogP contribution in [-0.4, -0.2) is 36.0 Å². The van der Waals surface area contributed by atoms with E-state index in [2.05, 4.69) is 10.2 Å². The predicted molar refractivity (Wildman–Crippen MR) is 86.2 cm³/mol. The molecule has 1 saturated heterocycles. The molecule has 0 bridgehead atoms. The number of hydrogen-bond acceptors (Lipinski definition) is 6. The molecule has 0 amide bonds. The zero-order valence-electron chi connectivity index (χ0n) is 12.3. The summed E-state index contributed by atoms with van der Waals surface area (Å²) in [5.74, 6) is 0.0729. The van der Waals surface area contributed by atoms with E-state index >= 15 is 0 Å². The summed E-state index contributed by atoms with van der Waals surface area (Å²) in [6.45, 7) is 2.92. The van der Waals surface area contributed by atoms with Crippen LogP contribution in [-0.2, 0) is 10.0 Å². The summed E-state index contributed by atoms with van der Waals surface area (Å²) >= 11 is 1.34. The van der Waals surface area contributed by atoms with Gasteiger partial charge >= 0.3 is 0 Å². The van der Waals surface area contributed by atoms with Crippen LogP contribution in [0.3, 0.4) is 0 Å². The van der Waals surface area contributed by atoms with E-state index in [1.54, 1.807) is 16.4 Å². The Balaban J connectivity index is 1.83. The number of hydrogen-bond donors (Lipinski definition) is 1. The number of nitrogens with zero attached hydrogens (tertiary/aromatic N) is 3. The molecule has 1 aliphatic heterocycles. The number of anilines is 1. The summed E-state index contributed by atoms with van der Waals surface area (Å²) in [6.07, 6.45) is 1.73. The molecule has 1 atom stereocenters. The van der Waals surface area contributed by atoms with Gasteiger partial charge in [-0.1, -0.05) is 29.0 Å². The third-order valence-corrected chi connectivity index (χ3v) is 6.64. The zero-order valence-corrected chi connectivity index (χ0v) is 13.9. The number of benzene rings is 1. The van der Waals surface area contributed by atoms with Crippen molar-refractivity contribution in [3.05, 3.63) is 34.8 Å². The maximum Gasteiger partial charge on any atom is 0.243 e. The molecule has 118 valence electrons. The molecule has 8 heteroatoms. The van der Waals surface area contributed by atoms with Crippen LogP contribution in [0.4, 0.5) is 5.13 Å². The van der Waals surface area contributed by atoms with Crippen LogP contribution in [0.25, 0.3) is 0 Å². The molecule has 2 heterocycles. The minimum absolute atomic E-state index is 0.0729. The first kappa shape index (κ1) is 15.4. The summed E-state index contributed by atoms with van der Waals surface area (Å²) in [6, 6.07) is 6.97. The van der Waals surface area contributed by atoms with Crippen molar-refractivity contribution < 1.29 is 8.42 Å². The molecule has 1 aromatic carbocycles. The summed E-state index contributed by atoms with van der Waals surface area (Å²) in [4.78, 5) is 0.343. The van der Waals surface area contributed by atoms with E-state index in [1.165, 1.54) is 11.3 Å². The molecule has 0 radical (unpaired) electrons. The van der Waals surface area contributed by atoms with Gasteiger partial charge in [-0.05, 0) is 31.9 Å². The molecule has 2 N–H and O–H groups in total. The van der Waals surface area contributed by atoms with Gasteiger partial charge in [0.2, 0.25) is 15.2 Å². The minimum atomic E-state index is -3.45. The van der Waals surface area contributed by atoms with E-state index < -0.39 is 10.0 Å². The van der Waals surface area contributed by atoms with Gasteiger partial charge in [0.25, 0.3) is 0 Å². The zero-order chi connectivity index (χ0) is 15.7. The molecule has 22 heavy (non-hydrogen) atoms. The fourth-order valence-corrected chi connectivity index (χ4v) is 4.89. The van der Waals surface area contributed by atoms with Crippen molar-refractivity contribution in [3.63, 3.8) is 0 Å². The maximum atomic E-state index is 12.7. The Hall–Kier alpha value is -1.51. The number of nitrogen functional groups attached to an aromatic ring is 1. The smallest absolute Gasteiger partial charge is 0.243 e. The van der Waals surface area contributed by atoms with E-state index in [9.17, 15) is 8.42 Å². The number of aryl methyl sites for hydroxylation is 1. The standard InChI is InChI=1S/C14H18N4O2S2/c1-10-4-6-12(7-5-10)22(19,20)18-8-2-3-11(9-18)13-16-17-14(15)21-13/h4-7,11H,2-3,8-9H2,1H3,(H2,15,17)/t11-/m0/s1. The maximum absolute atomic E-state index is 12.7. The fourth-order valence-electron chi connectivity index (χ4n) is 2.63. The van der Waals surface area contributed by atoms with Crippen molar-refractivity contribution in [2.24, 2.45) is 0 Å². The highest BCUT2D eigenvalue weighted by molar-refractivity contribution is 7.89. The molecule has 3 rings (SSSR count). The monoisotopic (exact) mass is 338 g/mol. The SMILES string of the molecule is Cc1ccc(S(=O)(=O)N2CCC[C@H](c3nnc(N)s3)C2)cc1. The number of aromatic nitrogens is 2. The molecule has 6 nitrogen and oxygen atoms in total. The third-order valence-electron chi connectivity index (χ3n) is 3.85. The number of sulfonamides is 1. The second kappa shape index (κ2) is 5.94. The van der Waals surface area contributed by atoms with Crippen LogP contribution < -0.4 is 5.73 Å². The van der Waals surface area contributed by atoms with Crippen LogP contribution in [0.15, 0.2) is 29.2 Å². The van der Waals surface area contributed by atoms with E-state index in [-0.39, 0.29) is 5.92 Å². The van der Waals surface area contributed by atoms with Crippen LogP contribution in [0.2, 0.25) is 0 Å². The van der Waals surface area contributed by atoms with Gasteiger partial charge in [0, 0.05) is 19.0 Å². The highest BCUT2D eigenvalue weighted by Gasteiger charge is 2.32. The molecule has 0 unspecified atom stereocenters. The number of piperidine rings is 1. The third kappa shape index (κ3) is 2.99. The Morgan fingerprint density at radius 1 is 1.27 bits per heavy atom. The Kier molecular flexibility index (Phi) is 4.16. The van der Waals surface area contributed by atoms with Crippen molar-refractivity contribution in [2.45, 2.75) is 30.6 Å². The lowest BCUT2D eigenvalue weighted by atomic mass is 10.0. The van der Waals surface area contributed by atoms with Gasteiger partial charge < -0.3 is 5.73 Å². The highest BCUT2D eigenvalue weighted by Crippen LogP contribution is 2.32. The topological polar surface area (TPSA) is 89.2 Å². The largest absolute Gasteiger partial charge is 0.374 e. The first-order valence-corrected chi connectivity index (χ1v) is 9.38. The van der Waals surface area contributed by atoms with Crippen LogP contribution in [0, 0.1) is 6.92 Å².